The van der Waals surface area contributed by atoms with E-state index in [-0.39, 0.29) is 37.4 Å². The van der Waals surface area contributed by atoms with Gasteiger partial charge in [-0.15, -0.1) is 0 Å². The highest BCUT2D eigenvalue weighted by Crippen LogP contribution is 2.40. The first-order valence-electron chi connectivity index (χ1n) is 9.95. The summed E-state index contributed by atoms with van der Waals surface area (Å²) in [4.78, 5) is 12.2. The number of nitrogens with one attached hydrogen (secondary N) is 1. The Bertz CT molecular complexity index is 1020. The Balaban J connectivity index is 2.02. The molecule has 0 amide bonds. The highest BCUT2D eigenvalue weighted by atomic mass is 19.4. The van der Waals surface area contributed by atoms with Gasteiger partial charge in [0.2, 0.25) is 0 Å². The number of carbonyl (C=O) groups is 1. The Labute approximate surface area is 186 Å². The number of aryl methyl sites for hydroxylation is 1. The van der Waals surface area contributed by atoms with Crippen LogP contribution in [0, 0.1) is 0 Å². The van der Waals surface area contributed by atoms with Crippen LogP contribution >= 0.6 is 0 Å². The summed E-state index contributed by atoms with van der Waals surface area (Å²) in [6.07, 6.45) is -17.2. The molecule has 0 spiro atoms. The number of alkyl halides is 10. The minimum absolute atomic E-state index is 0.0405. The van der Waals surface area contributed by atoms with Crippen molar-refractivity contribution in [2.75, 3.05) is 6.54 Å². The molecule has 1 aliphatic rings. The van der Waals surface area contributed by atoms with E-state index >= 15 is 0 Å². The maximum absolute atomic E-state index is 13.4. The van der Waals surface area contributed by atoms with Crippen molar-refractivity contribution in [2.45, 2.75) is 50.0 Å². The molecule has 2 aromatic carbocycles. The van der Waals surface area contributed by atoms with Gasteiger partial charge in [-0.1, -0.05) is 6.07 Å². The summed E-state index contributed by atoms with van der Waals surface area (Å²) in [7, 11) is 0. The van der Waals surface area contributed by atoms with Crippen molar-refractivity contribution in [3.63, 3.8) is 0 Å². The zero-order valence-electron chi connectivity index (χ0n) is 17.1. The van der Waals surface area contributed by atoms with E-state index in [1.54, 1.807) is 0 Å². The second-order valence-electron chi connectivity index (χ2n) is 7.97. The van der Waals surface area contributed by atoms with Gasteiger partial charge in [0.25, 0.3) is 0 Å². The van der Waals surface area contributed by atoms with Crippen LogP contribution in [0.5, 0.6) is 0 Å². The monoisotopic (exact) mass is 501 g/mol. The lowest BCUT2D eigenvalue weighted by Gasteiger charge is -2.17. The largest absolute Gasteiger partial charge is 0.416 e. The second kappa shape index (κ2) is 9.20. The maximum Gasteiger partial charge on any atom is 0.416 e. The first kappa shape index (κ1) is 26.0. The van der Waals surface area contributed by atoms with E-state index in [9.17, 15) is 48.7 Å². The lowest BCUT2D eigenvalue weighted by Crippen LogP contribution is -2.30. The van der Waals surface area contributed by atoms with Gasteiger partial charge in [-0.05, 0) is 53.4 Å². The number of halogens is 10. The zero-order valence-corrected chi connectivity index (χ0v) is 17.1. The van der Waals surface area contributed by atoms with Crippen molar-refractivity contribution >= 4 is 5.78 Å². The minimum atomic E-state index is -5.17. The normalized spacial score (nSPS) is 19.5. The lowest BCUT2D eigenvalue weighted by molar-refractivity contribution is -0.143. The summed E-state index contributed by atoms with van der Waals surface area (Å²) in [6.45, 7) is -0.0405. The lowest BCUT2D eigenvalue weighted by atomic mass is 9.93. The van der Waals surface area contributed by atoms with Crippen LogP contribution in [-0.4, -0.2) is 24.5 Å². The number of ketones is 1. The number of rotatable bonds is 5. The number of hydrogen-bond donors (Lipinski definition) is 1. The van der Waals surface area contributed by atoms with Crippen LogP contribution in [0.15, 0.2) is 36.4 Å². The van der Waals surface area contributed by atoms with E-state index in [0.717, 1.165) is 6.07 Å². The van der Waals surface area contributed by atoms with Crippen molar-refractivity contribution in [3.05, 3.63) is 58.7 Å². The van der Waals surface area contributed by atoms with Crippen molar-refractivity contribution in [3.8, 4) is 11.1 Å². The fourth-order valence-corrected chi connectivity index (χ4v) is 3.67. The van der Waals surface area contributed by atoms with Crippen LogP contribution in [0.3, 0.4) is 0 Å². The van der Waals surface area contributed by atoms with Crippen LogP contribution in [-0.2, 0) is 29.7 Å². The molecule has 2 nitrogen and oxygen atoms in total. The maximum atomic E-state index is 13.4. The number of Topliss-reactive ketones (excluding diaryl/α,β-unsaturated/α-hetero) is 1. The quantitative estimate of drug-likeness (QED) is 0.467. The zero-order chi connectivity index (χ0) is 25.5. The third-order valence-corrected chi connectivity index (χ3v) is 5.37. The highest BCUT2D eigenvalue weighted by Gasteiger charge is 2.37. The Morgan fingerprint density at radius 3 is 1.68 bits per heavy atom. The summed E-state index contributed by atoms with van der Waals surface area (Å²) < 4.78 is 132. The Kier molecular flexibility index (Phi) is 7.03. The van der Waals surface area contributed by atoms with Crippen LogP contribution < -0.4 is 5.32 Å². The average Bonchev–Trinajstić information content (AvgIpc) is 3.16. The van der Waals surface area contributed by atoms with Crippen LogP contribution in [0.25, 0.3) is 11.1 Å². The summed E-state index contributed by atoms with van der Waals surface area (Å²) in [5, 5.41) is 2.64. The molecular formula is C22H17F10NO. The molecule has 1 saturated heterocycles. The Morgan fingerprint density at radius 1 is 0.765 bits per heavy atom. The second-order valence-corrected chi connectivity index (χ2v) is 7.97. The molecule has 1 heterocycles. The van der Waals surface area contributed by atoms with E-state index in [4.69, 9.17) is 0 Å². The molecular weight excluding hydrogens is 484 g/mol. The molecule has 0 aromatic heterocycles. The van der Waals surface area contributed by atoms with Crippen LogP contribution in [0.2, 0.25) is 0 Å². The third-order valence-electron chi connectivity index (χ3n) is 5.37. The van der Waals surface area contributed by atoms with Gasteiger partial charge in [0.05, 0.1) is 22.7 Å². The molecule has 2 atom stereocenters. The van der Waals surface area contributed by atoms with Crippen LogP contribution in [0.1, 0.15) is 35.1 Å². The van der Waals surface area contributed by atoms with E-state index in [1.165, 1.54) is 0 Å². The van der Waals surface area contributed by atoms with Crippen molar-refractivity contribution in [2.24, 2.45) is 0 Å². The standard InChI is InChI=1S/C22H17F10NO/c23-17-9-18(33-10-17)19(34)2-1-11-3-12(5-14(4-11)20(24,25)26)13-6-15(21(27,28)29)8-16(7-13)22(30,31)32/h3-8,17-18,33H,1-2,9-10H2/t17-,18-/m0/s1. The SMILES string of the molecule is O=C(CCc1cc(-c2cc(C(F)(F)F)cc(C(F)(F)F)c2)cc(C(F)(F)F)c1)[C@@H]1C[C@H](F)CN1. The molecule has 12 heteroatoms. The minimum Gasteiger partial charge on any atom is -0.304 e. The van der Waals surface area contributed by atoms with Crippen molar-refractivity contribution < 1.29 is 48.7 Å². The smallest absolute Gasteiger partial charge is 0.304 e. The van der Waals surface area contributed by atoms with Gasteiger partial charge >= 0.3 is 18.5 Å². The summed E-state index contributed by atoms with van der Waals surface area (Å²) in [5.74, 6) is -0.461. The molecule has 0 saturated carbocycles. The predicted octanol–water partition coefficient (Wildman–Crippen LogP) is 6.61. The van der Waals surface area contributed by atoms with Gasteiger partial charge in [-0.3, -0.25) is 4.79 Å². The third kappa shape index (κ3) is 6.28. The molecule has 3 rings (SSSR count). The number of hydrogen-bond acceptors (Lipinski definition) is 2. The molecule has 0 aliphatic carbocycles. The molecule has 1 fully saturated rings. The molecule has 2 aromatic rings. The molecule has 34 heavy (non-hydrogen) atoms. The van der Waals surface area contributed by atoms with Gasteiger partial charge in [0.15, 0.2) is 0 Å². The van der Waals surface area contributed by atoms with Gasteiger partial charge in [0.1, 0.15) is 12.0 Å². The first-order chi connectivity index (χ1) is 15.5. The Morgan fingerprint density at radius 2 is 1.24 bits per heavy atom. The summed E-state index contributed by atoms with van der Waals surface area (Å²) in [6, 6.07) is 1.88. The molecule has 0 unspecified atom stereocenters. The van der Waals surface area contributed by atoms with Crippen molar-refractivity contribution in [1.29, 1.82) is 0 Å². The summed E-state index contributed by atoms with van der Waals surface area (Å²) >= 11 is 0. The van der Waals surface area contributed by atoms with E-state index in [2.05, 4.69) is 5.32 Å². The average molecular weight is 501 g/mol. The summed E-state index contributed by atoms with van der Waals surface area (Å²) in [5.41, 5.74) is -5.96. The Hall–Kier alpha value is -2.63. The molecule has 0 radical (unpaired) electrons. The van der Waals surface area contributed by atoms with Crippen LogP contribution in [0.4, 0.5) is 43.9 Å². The highest BCUT2D eigenvalue weighted by molar-refractivity contribution is 5.84. The predicted molar refractivity (Wildman–Crippen MR) is 102 cm³/mol. The fraction of sp³-hybridized carbons (Fsp3) is 0.409. The number of carbonyl (C=O) groups excluding carboxylic acids is 1. The first-order valence-corrected chi connectivity index (χ1v) is 9.95. The van der Waals surface area contributed by atoms with E-state index in [1.807, 2.05) is 0 Å². The van der Waals surface area contributed by atoms with E-state index < -0.39 is 64.3 Å². The molecule has 1 aliphatic heterocycles. The number of benzene rings is 2. The van der Waals surface area contributed by atoms with E-state index in [0.29, 0.717) is 24.3 Å². The topological polar surface area (TPSA) is 29.1 Å². The molecule has 186 valence electrons. The van der Waals surface area contributed by atoms with Gasteiger partial charge in [-0.2, -0.15) is 39.5 Å². The van der Waals surface area contributed by atoms with Gasteiger partial charge < -0.3 is 5.32 Å². The molecule has 0 bridgehead atoms. The van der Waals surface area contributed by atoms with Crippen molar-refractivity contribution in [1.82, 2.24) is 5.32 Å². The fourth-order valence-electron chi connectivity index (χ4n) is 3.67. The van der Waals surface area contributed by atoms with Gasteiger partial charge in [0, 0.05) is 19.4 Å². The molecule has 1 N–H and O–H groups in total. The van der Waals surface area contributed by atoms with Gasteiger partial charge in [-0.25, -0.2) is 4.39 Å².